The van der Waals surface area contributed by atoms with E-state index >= 15 is 0 Å². The Bertz CT molecular complexity index is 535. The molecule has 0 radical (unpaired) electrons. The summed E-state index contributed by atoms with van der Waals surface area (Å²) in [5.74, 6) is 1.42. The molecule has 1 aromatic rings. The second-order valence-corrected chi connectivity index (χ2v) is 5.86. The van der Waals surface area contributed by atoms with Crippen LogP contribution in [0.15, 0.2) is 18.2 Å². The van der Waals surface area contributed by atoms with E-state index in [0.29, 0.717) is 24.3 Å². The molecule has 1 fully saturated rings. The van der Waals surface area contributed by atoms with Gasteiger partial charge in [0.05, 0.1) is 26.4 Å². The van der Waals surface area contributed by atoms with Crippen LogP contribution in [-0.4, -0.2) is 64.4 Å². The second kappa shape index (κ2) is 8.17. The molecule has 2 rings (SSSR count). The summed E-state index contributed by atoms with van der Waals surface area (Å²) in [4.78, 5) is 14.3. The number of rotatable bonds is 7. The summed E-state index contributed by atoms with van der Waals surface area (Å²) in [6, 6.07) is 5.78. The van der Waals surface area contributed by atoms with Crippen LogP contribution in [-0.2, 0) is 16.0 Å². The molecule has 0 spiro atoms. The molecule has 1 saturated heterocycles. The average molecular weight is 322 g/mol. The lowest BCUT2D eigenvalue weighted by molar-refractivity contribution is -0.122. The van der Waals surface area contributed by atoms with Crippen molar-refractivity contribution >= 4 is 5.91 Å². The number of carbonyl (C=O) groups excluding carboxylic acids is 1. The molecule has 1 aliphatic heterocycles. The highest BCUT2D eigenvalue weighted by atomic mass is 16.5. The summed E-state index contributed by atoms with van der Waals surface area (Å²) in [7, 11) is 6.93. The molecule has 1 heterocycles. The van der Waals surface area contributed by atoms with Gasteiger partial charge in [0, 0.05) is 26.6 Å². The quantitative estimate of drug-likeness (QED) is 0.814. The lowest BCUT2D eigenvalue weighted by Crippen LogP contribution is -2.43. The minimum absolute atomic E-state index is 0.0436. The molecule has 1 N–H and O–H groups in total. The maximum Gasteiger partial charge on any atom is 0.220 e. The van der Waals surface area contributed by atoms with Gasteiger partial charge in [0.2, 0.25) is 5.91 Å². The van der Waals surface area contributed by atoms with Crippen LogP contribution in [0.4, 0.5) is 0 Å². The van der Waals surface area contributed by atoms with Gasteiger partial charge >= 0.3 is 0 Å². The highest BCUT2D eigenvalue weighted by Gasteiger charge is 2.31. The number of nitrogens with one attached hydrogen (secondary N) is 1. The first-order chi connectivity index (χ1) is 11.1. The maximum absolute atomic E-state index is 12.2. The molecular formula is C17H26N2O4. The molecule has 128 valence electrons. The number of hydrogen-bond acceptors (Lipinski definition) is 5. The van der Waals surface area contributed by atoms with Gasteiger partial charge < -0.3 is 24.4 Å². The molecule has 2 atom stereocenters. The van der Waals surface area contributed by atoms with E-state index in [1.807, 2.05) is 25.2 Å². The van der Waals surface area contributed by atoms with Crippen molar-refractivity contribution < 1.29 is 19.0 Å². The number of nitrogens with zero attached hydrogens (tertiary/aromatic N) is 1. The fourth-order valence-electron chi connectivity index (χ4n) is 2.91. The van der Waals surface area contributed by atoms with Crippen LogP contribution in [0, 0.1) is 0 Å². The number of aryl methyl sites for hydroxylation is 1. The molecule has 0 aliphatic carbocycles. The highest BCUT2D eigenvalue weighted by molar-refractivity contribution is 5.76. The number of carbonyl (C=O) groups is 1. The Morgan fingerprint density at radius 1 is 1.22 bits per heavy atom. The Morgan fingerprint density at radius 2 is 1.96 bits per heavy atom. The average Bonchev–Trinajstić information content (AvgIpc) is 2.91. The van der Waals surface area contributed by atoms with Gasteiger partial charge in [-0.25, -0.2) is 0 Å². The Hall–Kier alpha value is -1.79. The Kier molecular flexibility index (Phi) is 6.24. The predicted molar refractivity (Wildman–Crippen MR) is 88.1 cm³/mol. The van der Waals surface area contributed by atoms with Crippen LogP contribution >= 0.6 is 0 Å². The van der Waals surface area contributed by atoms with Crippen LogP contribution < -0.4 is 14.8 Å². The summed E-state index contributed by atoms with van der Waals surface area (Å²) < 4.78 is 15.9. The molecule has 0 bridgehead atoms. The minimum Gasteiger partial charge on any atom is -0.493 e. The Morgan fingerprint density at radius 3 is 2.61 bits per heavy atom. The van der Waals surface area contributed by atoms with E-state index in [-0.39, 0.29) is 18.1 Å². The first kappa shape index (κ1) is 17.6. The third-order valence-corrected chi connectivity index (χ3v) is 4.19. The monoisotopic (exact) mass is 322 g/mol. The van der Waals surface area contributed by atoms with Crippen molar-refractivity contribution in [3.05, 3.63) is 23.8 Å². The van der Waals surface area contributed by atoms with E-state index in [4.69, 9.17) is 14.2 Å². The molecule has 1 aromatic carbocycles. The van der Waals surface area contributed by atoms with Gasteiger partial charge in [-0.1, -0.05) is 6.07 Å². The largest absolute Gasteiger partial charge is 0.493 e. The Labute approximate surface area is 137 Å². The van der Waals surface area contributed by atoms with Gasteiger partial charge in [-0.15, -0.1) is 0 Å². The van der Waals surface area contributed by atoms with Gasteiger partial charge in [-0.05, 0) is 31.2 Å². The van der Waals surface area contributed by atoms with Crippen molar-refractivity contribution in [3.63, 3.8) is 0 Å². The molecule has 1 aliphatic rings. The standard InChI is InChI=1S/C17H26N2O4/c1-19-10-13(16(11-19)23-4)18-17(20)8-6-12-5-7-14(21-2)15(9-12)22-3/h5,7,9,13,16H,6,8,10-11H2,1-4H3,(H,18,20)/t13-,16-/m1/s1. The van der Waals surface area contributed by atoms with E-state index in [2.05, 4.69) is 10.2 Å². The third-order valence-electron chi connectivity index (χ3n) is 4.19. The zero-order valence-corrected chi connectivity index (χ0v) is 14.3. The smallest absolute Gasteiger partial charge is 0.220 e. The first-order valence-electron chi connectivity index (χ1n) is 7.79. The number of likely N-dealkylation sites (tertiary alicyclic amines) is 1. The third kappa shape index (κ3) is 4.59. The zero-order chi connectivity index (χ0) is 16.8. The summed E-state index contributed by atoms with van der Waals surface area (Å²) >= 11 is 0. The minimum atomic E-state index is 0.0436. The molecular weight excluding hydrogens is 296 g/mol. The van der Waals surface area contributed by atoms with E-state index in [1.165, 1.54) is 0 Å². The summed E-state index contributed by atoms with van der Waals surface area (Å²) in [6.07, 6.45) is 1.16. The summed E-state index contributed by atoms with van der Waals surface area (Å²) in [5, 5.41) is 3.07. The lowest BCUT2D eigenvalue weighted by Gasteiger charge is -2.18. The lowest BCUT2D eigenvalue weighted by atomic mass is 10.1. The number of methoxy groups -OCH3 is 3. The van der Waals surface area contributed by atoms with Crippen LogP contribution in [0.3, 0.4) is 0 Å². The van der Waals surface area contributed by atoms with Crippen LogP contribution in [0.1, 0.15) is 12.0 Å². The van der Waals surface area contributed by atoms with Gasteiger partial charge in [0.25, 0.3) is 0 Å². The van der Waals surface area contributed by atoms with Crippen LogP contribution in [0.5, 0.6) is 11.5 Å². The van der Waals surface area contributed by atoms with Crippen LogP contribution in [0.25, 0.3) is 0 Å². The summed E-state index contributed by atoms with van der Waals surface area (Å²) in [5.41, 5.74) is 1.05. The maximum atomic E-state index is 12.2. The molecule has 0 unspecified atom stereocenters. The number of hydrogen-bond donors (Lipinski definition) is 1. The van der Waals surface area contributed by atoms with Gasteiger partial charge in [0.15, 0.2) is 11.5 Å². The predicted octanol–water partition coefficient (Wildman–Crippen LogP) is 1.08. The fraction of sp³-hybridized carbons (Fsp3) is 0.588. The second-order valence-electron chi connectivity index (χ2n) is 5.86. The molecule has 1 amide bonds. The fourth-order valence-corrected chi connectivity index (χ4v) is 2.91. The normalized spacial score (nSPS) is 21.2. The molecule has 23 heavy (non-hydrogen) atoms. The van der Waals surface area contributed by atoms with Crippen molar-refractivity contribution in [2.24, 2.45) is 0 Å². The van der Waals surface area contributed by atoms with E-state index < -0.39 is 0 Å². The summed E-state index contributed by atoms with van der Waals surface area (Å²) in [6.45, 7) is 1.66. The zero-order valence-electron chi connectivity index (χ0n) is 14.3. The Balaban J connectivity index is 1.87. The molecule has 6 heteroatoms. The number of ether oxygens (including phenoxy) is 3. The van der Waals surface area contributed by atoms with Crippen molar-refractivity contribution in [1.82, 2.24) is 10.2 Å². The van der Waals surface area contributed by atoms with Crippen molar-refractivity contribution in [2.45, 2.75) is 25.0 Å². The highest BCUT2D eigenvalue weighted by Crippen LogP contribution is 2.27. The molecule has 0 aromatic heterocycles. The molecule has 6 nitrogen and oxygen atoms in total. The number of benzene rings is 1. The van der Waals surface area contributed by atoms with E-state index in [9.17, 15) is 4.79 Å². The first-order valence-corrected chi connectivity index (χ1v) is 7.79. The van der Waals surface area contributed by atoms with Crippen molar-refractivity contribution in [1.29, 1.82) is 0 Å². The molecule has 0 saturated carbocycles. The van der Waals surface area contributed by atoms with Gasteiger partial charge in [-0.3, -0.25) is 4.79 Å². The van der Waals surface area contributed by atoms with Crippen molar-refractivity contribution in [2.75, 3.05) is 41.5 Å². The van der Waals surface area contributed by atoms with Gasteiger partial charge in [0.1, 0.15) is 0 Å². The number of likely N-dealkylation sites (N-methyl/N-ethyl adjacent to an activating group) is 1. The van der Waals surface area contributed by atoms with Gasteiger partial charge in [-0.2, -0.15) is 0 Å². The van der Waals surface area contributed by atoms with E-state index in [1.54, 1.807) is 21.3 Å². The van der Waals surface area contributed by atoms with Crippen molar-refractivity contribution in [3.8, 4) is 11.5 Å². The van der Waals surface area contributed by atoms with Crippen LogP contribution in [0.2, 0.25) is 0 Å². The number of amides is 1. The topological polar surface area (TPSA) is 60.0 Å². The SMILES string of the molecule is COc1ccc(CCC(=O)N[C@@H]2CN(C)C[C@H]2OC)cc1OC. The van der Waals surface area contributed by atoms with E-state index in [0.717, 1.165) is 18.7 Å².